The van der Waals surface area contributed by atoms with Crippen LogP contribution in [0.15, 0.2) is 60.7 Å². The van der Waals surface area contributed by atoms with E-state index < -0.39 is 17.2 Å². The maximum Gasteiger partial charge on any atom is 0.276 e. The van der Waals surface area contributed by atoms with Crippen LogP contribution in [0.4, 0.5) is 11.4 Å². The molecule has 0 aliphatic carbocycles. The van der Waals surface area contributed by atoms with E-state index >= 15 is 0 Å². The Hall–Kier alpha value is -3.95. The highest BCUT2D eigenvalue weighted by atomic mass is 32.2. The Morgan fingerprint density at radius 1 is 1.06 bits per heavy atom. The second-order valence-corrected chi connectivity index (χ2v) is 9.39. The normalized spacial score (nSPS) is 11.7. The minimum Gasteiger partial charge on any atom is -0.755 e. The fourth-order valence-corrected chi connectivity index (χ4v) is 4.45. The summed E-state index contributed by atoms with van der Waals surface area (Å²) in [5, 5.41) is 2.81. The number of aryl methyl sites for hydroxylation is 2. The summed E-state index contributed by atoms with van der Waals surface area (Å²) >= 11 is -2.42. The van der Waals surface area contributed by atoms with Gasteiger partial charge in [-0.3, -0.25) is 9.00 Å². The molecule has 4 rings (SSSR count). The summed E-state index contributed by atoms with van der Waals surface area (Å²) in [6, 6.07) is 18.5. The summed E-state index contributed by atoms with van der Waals surface area (Å²) in [6.45, 7) is 5.86. The van der Waals surface area contributed by atoms with Gasteiger partial charge in [-0.2, -0.15) is 0 Å². The summed E-state index contributed by atoms with van der Waals surface area (Å²) in [7, 11) is 3.08. The van der Waals surface area contributed by atoms with Gasteiger partial charge in [0.1, 0.15) is 17.3 Å². The van der Waals surface area contributed by atoms with Crippen LogP contribution in [0.25, 0.3) is 22.5 Å². The molecule has 4 aromatic rings. The van der Waals surface area contributed by atoms with Crippen molar-refractivity contribution < 1.29 is 18.3 Å². The van der Waals surface area contributed by atoms with E-state index in [0.29, 0.717) is 22.9 Å². The molecule has 1 amide bonds. The third-order valence-corrected chi connectivity index (χ3v) is 6.77. The van der Waals surface area contributed by atoms with Gasteiger partial charge in [0.05, 0.1) is 7.11 Å². The summed E-state index contributed by atoms with van der Waals surface area (Å²) in [4.78, 5) is 20.9. The number of imidazole rings is 1. The molecule has 0 spiro atoms. The zero-order valence-electron chi connectivity index (χ0n) is 20.7. The fraction of sp³-hybridized carbons (Fsp3) is 0.185. The van der Waals surface area contributed by atoms with E-state index in [-0.39, 0.29) is 5.69 Å². The van der Waals surface area contributed by atoms with Crippen molar-refractivity contribution >= 4 is 28.5 Å². The monoisotopic (exact) mass is 503 g/mol. The zero-order valence-corrected chi connectivity index (χ0v) is 21.5. The summed E-state index contributed by atoms with van der Waals surface area (Å²) < 4.78 is 29.2. The Morgan fingerprint density at radius 2 is 1.81 bits per heavy atom. The van der Waals surface area contributed by atoms with Gasteiger partial charge in [0.2, 0.25) is 0 Å². The third kappa shape index (κ3) is 4.89. The predicted octanol–water partition coefficient (Wildman–Crippen LogP) is 5.16. The standard InChI is InChI=1S/C27H28N4O4S/c1-16-9-6-7-12-21(16)24-17(2)22(13-14-23(24)35-5)26-28-18(3)25(30-26)27(32)29-19-10-8-11-20(15-19)31(4)36(33)34/h6-15H,1-5H3,(H,28,30)(H,29,32)(H,33,34)/p-1. The second kappa shape index (κ2) is 10.3. The molecule has 2 N–H and O–H groups in total. The molecule has 1 unspecified atom stereocenters. The quantitative estimate of drug-likeness (QED) is 0.339. The molecule has 36 heavy (non-hydrogen) atoms. The topological polar surface area (TPSA) is 110 Å². The highest BCUT2D eigenvalue weighted by molar-refractivity contribution is 7.80. The fourth-order valence-electron chi connectivity index (χ4n) is 4.17. The van der Waals surface area contributed by atoms with Gasteiger partial charge in [-0.25, -0.2) is 4.98 Å². The number of anilines is 2. The molecule has 0 aliphatic rings. The van der Waals surface area contributed by atoms with Gasteiger partial charge in [0.25, 0.3) is 5.91 Å². The van der Waals surface area contributed by atoms with Crippen molar-refractivity contribution in [3.05, 3.63) is 83.2 Å². The van der Waals surface area contributed by atoms with Crippen LogP contribution < -0.4 is 14.4 Å². The van der Waals surface area contributed by atoms with Crippen LogP contribution in [0, 0.1) is 20.8 Å². The van der Waals surface area contributed by atoms with Crippen molar-refractivity contribution in [2.75, 3.05) is 23.8 Å². The molecule has 0 saturated heterocycles. The molecule has 1 atom stereocenters. The van der Waals surface area contributed by atoms with Gasteiger partial charge in [0, 0.05) is 46.5 Å². The molecule has 0 bridgehead atoms. The number of H-pyrrole nitrogens is 1. The first-order valence-electron chi connectivity index (χ1n) is 11.3. The summed E-state index contributed by atoms with van der Waals surface area (Å²) in [5.74, 6) is 0.932. The number of amides is 1. The highest BCUT2D eigenvalue weighted by Gasteiger charge is 2.20. The molecule has 1 heterocycles. The van der Waals surface area contributed by atoms with Gasteiger partial charge in [-0.1, -0.05) is 30.3 Å². The predicted molar refractivity (Wildman–Crippen MR) is 142 cm³/mol. The number of methoxy groups -OCH3 is 1. The van der Waals surface area contributed by atoms with Gasteiger partial charge < -0.3 is 23.9 Å². The Morgan fingerprint density at radius 3 is 2.50 bits per heavy atom. The molecule has 3 aromatic carbocycles. The molecule has 0 aliphatic heterocycles. The van der Waals surface area contributed by atoms with Crippen molar-refractivity contribution in [1.29, 1.82) is 0 Å². The maximum absolute atomic E-state index is 13.1. The molecule has 0 saturated carbocycles. The van der Waals surface area contributed by atoms with E-state index in [4.69, 9.17) is 4.74 Å². The van der Waals surface area contributed by atoms with Gasteiger partial charge >= 0.3 is 0 Å². The molecule has 8 nitrogen and oxygen atoms in total. The number of nitrogens with one attached hydrogen (secondary N) is 2. The lowest BCUT2D eigenvalue weighted by molar-refractivity contribution is 0.102. The summed E-state index contributed by atoms with van der Waals surface area (Å²) in [5.41, 5.74) is 6.76. The van der Waals surface area contributed by atoms with Crippen molar-refractivity contribution in [2.45, 2.75) is 20.8 Å². The first-order valence-corrected chi connectivity index (χ1v) is 12.3. The number of nitrogens with zero attached hydrogens (tertiary/aromatic N) is 2. The maximum atomic E-state index is 13.1. The van der Waals surface area contributed by atoms with Crippen LogP contribution in [0.5, 0.6) is 5.75 Å². The first-order chi connectivity index (χ1) is 17.2. The molecule has 0 radical (unpaired) electrons. The third-order valence-electron chi connectivity index (χ3n) is 6.11. The Kier molecular flexibility index (Phi) is 7.23. The van der Waals surface area contributed by atoms with Crippen molar-refractivity contribution in [1.82, 2.24) is 9.97 Å². The van der Waals surface area contributed by atoms with Crippen molar-refractivity contribution in [2.24, 2.45) is 0 Å². The molecule has 1 aromatic heterocycles. The van der Waals surface area contributed by atoms with E-state index in [2.05, 4.69) is 34.3 Å². The zero-order chi connectivity index (χ0) is 26.0. The Labute approximate surface area is 212 Å². The average Bonchev–Trinajstić information content (AvgIpc) is 3.25. The number of hydrogen-bond acceptors (Lipinski definition) is 5. The number of ether oxygens (including phenoxy) is 1. The SMILES string of the molecule is COc1ccc(-c2nc(C(=O)Nc3cccc(N(C)S(=O)[O-])c3)c(C)[nH]2)c(C)c1-c1ccccc1C. The summed E-state index contributed by atoms with van der Waals surface area (Å²) in [6.07, 6.45) is 0. The van der Waals surface area contributed by atoms with Crippen LogP contribution in [-0.2, 0) is 11.3 Å². The number of rotatable bonds is 7. The van der Waals surface area contributed by atoms with Crippen LogP contribution in [-0.4, -0.2) is 38.8 Å². The first kappa shape index (κ1) is 25.2. The number of aromatic amines is 1. The number of benzene rings is 3. The minimum absolute atomic E-state index is 0.254. The highest BCUT2D eigenvalue weighted by Crippen LogP contribution is 2.39. The van der Waals surface area contributed by atoms with E-state index in [1.807, 2.05) is 31.2 Å². The minimum atomic E-state index is -2.42. The van der Waals surface area contributed by atoms with E-state index in [9.17, 15) is 13.6 Å². The number of carbonyl (C=O) groups is 1. The van der Waals surface area contributed by atoms with Crippen LogP contribution in [0.3, 0.4) is 0 Å². The Balaban J connectivity index is 1.68. The molecule has 186 valence electrons. The van der Waals surface area contributed by atoms with E-state index in [0.717, 1.165) is 37.9 Å². The van der Waals surface area contributed by atoms with Crippen molar-refractivity contribution in [3.8, 4) is 28.3 Å². The number of hydrogen-bond donors (Lipinski definition) is 2. The molecular weight excluding hydrogens is 476 g/mol. The smallest absolute Gasteiger partial charge is 0.276 e. The Bertz CT molecular complexity index is 1460. The van der Waals surface area contributed by atoms with Crippen LogP contribution in [0.2, 0.25) is 0 Å². The van der Waals surface area contributed by atoms with Gasteiger partial charge in [0.15, 0.2) is 0 Å². The van der Waals surface area contributed by atoms with Gasteiger partial charge in [-0.15, -0.1) is 0 Å². The largest absolute Gasteiger partial charge is 0.755 e. The van der Waals surface area contributed by atoms with Crippen molar-refractivity contribution in [3.63, 3.8) is 0 Å². The van der Waals surface area contributed by atoms with E-state index in [1.165, 1.54) is 7.05 Å². The second-order valence-electron chi connectivity index (χ2n) is 8.41. The molecule has 0 fully saturated rings. The van der Waals surface area contributed by atoms with E-state index in [1.54, 1.807) is 38.3 Å². The van der Waals surface area contributed by atoms with Crippen LogP contribution in [0.1, 0.15) is 27.3 Å². The lowest BCUT2D eigenvalue weighted by atomic mass is 9.92. The number of carbonyl (C=O) groups excluding carboxylic acids is 1. The molecular formula is C27H27N4O4S-. The number of aromatic nitrogens is 2. The lowest BCUT2D eigenvalue weighted by Gasteiger charge is -2.21. The lowest BCUT2D eigenvalue weighted by Crippen LogP contribution is -2.20. The average molecular weight is 504 g/mol. The van der Waals surface area contributed by atoms with Crippen LogP contribution >= 0.6 is 0 Å². The molecule has 9 heteroatoms. The van der Waals surface area contributed by atoms with Gasteiger partial charge in [-0.05, 0) is 67.8 Å².